The van der Waals surface area contributed by atoms with Crippen LogP contribution in [0.1, 0.15) is 16.7 Å². The zero-order chi connectivity index (χ0) is 12.1. The van der Waals surface area contributed by atoms with E-state index in [4.69, 9.17) is 16.3 Å². The second-order valence-electron chi connectivity index (χ2n) is 4.06. The monoisotopic (exact) mass is 246 g/mol. The van der Waals surface area contributed by atoms with E-state index in [9.17, 15) is 0 Å². The van der Waals surface area contributed by atoms with Crippen LogP contribution in [-0.4, -0.2) is 0 Å². The van der Waals surface area contributed by atoms with Crippen molar-refractivity contribution in [2.75, 3.05) is 0 Å². The van der Waals surface area contributed by atoms with Gasteiger partial charge in [-0.1, -0.05) is 36.4 Å². The molecule has 17 heavy (non-hydrogen) atoms. The highest BCUT2D eigenvalue weighted by Crippen LogP contribution is 2.15. The third kappa shape index (κ3) is 3.50. The topological polar surface area (TPSA) is 9.23 Å². The highest BCUT2D eigenvalue weighted by atomic mass is 35.5. The van der Waals surface area contributed by atoms with Crippen LogP contribution in [0.2, 0.25) is 0 Å². The quantitative estimate of drug-likeness (QED) is 0.731. The molecule has 0 N–H and O–H groups in total. The summed E-state index contributed by atoms with van der Waals surface area (Å²) in [6.07, 6.45) is 0. The van der Waals surface area contributed by atoms with Crippen LogP contribution in [-0.2, 0) is 12.5 Å². The average molecular weight is 247 g/mol. The summed E-state index contributed by atoms with van der Waals surface area (Å²) in [5, 5.41) is 0. The predicted octanol–water partition coefficient (Wildman–Crippen LogP) is 4.31. The van der Waals surface area contributed by atoms with Gasteiger partial charge in [-0.25, -0.2) is 0 Å². The number of hydrogen-bond acceptors (Lipinski definition) is 1. The van der Waals surface area contributed by atoms with Crippen molar-refractivity contribution in [1.82, 2.24) is 0 Å². The molecule has 0 heterocycles. The van der Waals surface area contributed by atoms with E-state index in [1.807, 2.05) is 42.5 Å². The van der Waals surface area contributed by atoms with Gasteiger partial charge in [0.05, 0.1) is 0 Å². The number of halogens is 1. The summed E-state index contributed by atoms with van der Waals surface area (Å²) >= 11 is 5.74. The Kier molecular flexibility index (Phi) is 4.05. The van der Waals surface area contributed by atoms with Gasteiger partial charge in [0.2, 0.25) is 0 Å². The number of ether oxygens (including phenoxy) is 1. The van der Waals surface area contributed by atoms with Gasteiger partial charge in [-0.3, -0.25) is 0 Å². The minimum absolute atomic E-state index is 0.555. The third-order valence-electron chi connectivity index (χ3n) is 2.57. The standard InChI is InChI=1S/C15H15ClO/c1-12-3-2-4-15(9-12)17-11-14-7-5-13(10-16)6-8-14/h2-9H,10-11H2,1H3. The highest BCUT2D eigenvalue weighted by Gasteiger charge is 1.97. The molecule has 0 aliphatic heterocycles. The fourth-order valence-corrected chi connectivity index (χ4v) is 1.77. The van der Waals surface area contributed by atoms with Crippen LogP contribution in [0.4, 0.5) is 0 Å². The predicted molar refractivity (Wildman–Crippen MR) is 71.5 cm³/mol. The van der Waals surface area contributed by atoms with Crippen molar-refractivity contribution in [3.05, 3.63) is 65.2 Å². The molecule has 0 aliphatic carbocycles. The highest BCUT2D eigenvalue weighted by molar-refractivity contribution is 6.17. The first-order chi connectivity index (χ1) is 8.28. The Hall–Kier alpha value is -1.47. The molecule has 0 bridgehead atoms. The molecule has 0 aliphatic rings. The SMILES string of the molecule is Cc1cccc(OCc2ccc(CCl)cc2)c1. The molecule has 2 rings (SSSR count). The van der Waals surface area contributed by atoms with Gasteiger partial charge < -0.3 is 4.74 Å². The van der Waals surface area contributed by atoms with Crippen LogP contribution < -0.4 is 4.74 Å². The van der Waals surface area contributed by atoms with Gasteiger partial charge in [-0.2, -0.15) is 0 Å². The van der Waals surface area contributed by atoms with Crippen LogP contribution in [0.3, 0.4) is 0 Å². The van der Waals surface area contributed by atoms with Gasteiger partial charge in [-0.05, 0) is 35.7 Å². The Morgan fingerprint density at radius 3 is 2.35 bits per heavy atom. The maximum Gasteiger partial charge on any atom is 0.120 e. The normalized spacial score (nSPS) is 10.2. The average Bonchev–Trinajstić information content (AvgIpc) is 2.37. The van der Waals surface area contributed by atoms with Gasteiger partial charge in [0.1, 0.15) is 12.4 Å². The summed E-state index contributed by atoms with van der Waals surface area (Å²) in [7, 11) is 0. The molecule has 2 aromatic rings. The summed E-state index contributed by atoms with van der Waals surface area (Å²) in [4.78, 5) is 0. The van der Waals surface area contributed by atoms with Crippen molar-refractivity contribution >= 4 is 11.6 Å². The van der Waals surface area contributed by atoms with Crippen LogP contribution >= 0.6 is 11.6 Å². The van der Waals surface area contributed by atoms with Crippen molar-refractivity contribution in [3.8, 4) is 5.75 Å². The van der Waals surface area contributed by atoms with Gasteiger partial charge in [0.25, 0.3) is 0 Å². The lowest BCUT2D eigenvalue weighted by Gasteiger charge is -2.07. The van der Waals surface area contributed by atoms with Crippen molar-refractivity contribution in [3.63, 3.8) is 0 Å². The van der Waals surface area contributed by atoms with E-state index in [0.717, 1.165) is 16.9 Å². The van der Waals surface area contributed by atoms with E-state index in [-0.39, 0.29) is 0 Å². The minimum Gasteiger partial charge on any atom is -0.489 e. The van der Waals surface area contributed by atoms with E-state index in [1.54, 1.807) is 0 Å². The Labute approximate surface area is 107 Å². The molecule has 0 amide bonds. The first kappa shape index (κ1) is 12.0. The fraction of sp³-hybridized carbons (Fsp3) is 0.200. The molecule has 0 atom stereocenters. The molecule has 0 fully saturated rings. The maximum atomic E-state index is 5.74. The fourth-order valence-electron chi connectivity index (χ4n) is 1.60. The molecule has 88 valence electrons. The molecular weight excluding hydrogens is 232 g/mol. The van der Waals surface area contributed by atoms with E-state index < -0.39 is 0 Å². The van der Waals surface area contributed by atoms with E-state index in [1.165, 1.54) is 5.56 Å². The van der Waals surface area contributed by atoms with Crippen LogP contribution in [0.25, 0.3) is 0 Å². The Morgan fingerprint density at radius 1 is 1.00 bits per heavy atom. The van der Waals surface area contributed by atoms with Crippen LogP contribution in [0.15, 0.2) is 48.5 Å². The lowest BCUT2D eigenvalue weighted by molar-refractivity contribution is 0.306. The van der Waals surface area contributed by atoms with Crippen LogP contribution in [0, 0.1) is 6.92 Å². The summed E-state index contributed by atoms with van der Waals surface area (Å²) in [5.41, 5.74) is 3.49. The minimum atomic E-state index is 0.555. The lowest BCUT2D eigenvalue weighted by atomic mass is 10.2. The van der Waals surface area contributed by atoms with Gasteiger partial charge >= 0.3 is 0 Å². The summed E-state index contributed by atoms with van der Waals surface area (Å²) in [6, 6.07) is 16.2. The zero-order valence-electron chi connectivity index (χ0n) is 9.82. The Bertz CT molecular complexity index is 477. The van der Waals surface area contributed by atoms with Crippen molar-refractivity contribution in [2.45, 2.75) is 19.4 Å². The summed E-state index contributed by atoms with van der Waals surface area (Å²) in [5.74, 6) is 1.46. The molecule has 0 radical (unpaired) electrons. The van der Waals surface area contributed by atoms with Gasteiger partial charge in [-0.15, -0.1) is 11.6 Å². The number of benzene rings is 2. The number of hydrogen-bond donors (Lipinski definition) is 0. The maximum absolute atomic E-state index is 5.74. The Balaban J connectivity index is 1.97. The second kappa shape index (κ2) is 5.74. The molecule has 0 saturated carbocycles. The Morgan fingerprint density at radius 2 is 1.71 bits per heavy atom. The third-order valence-corrected chi connectivity index (χ3v) is 2.88. The van der Waals surface area contributed by atoms with Gasteiger partial charge in [0.15, 0.2) is 0 Å². The number of aryl methyl sites for hydroxylation is 1. The molecular formula is C15H15ClO. The molecule has 1 nitrogen and oxygen atoms in total. The summed E-state index contributed by atoms with van der Waals surface area (Å²) in [6.45, 7) is 2.65. The van der Waals surface area contributed by atoms with Gasteiger partial charge in [0, 0.05) is 5.88 Å². The van der Waals surface area contributed by atoms with E-state index >= 15 is 0 Å². The molecule has 2 aromatic carbocycles. The smallest absolute Gasteiger partial charge is 0.120 e. The lowest BCUT2D eigenvalue weighted by Crippen LogP contribution is -1.95. The first-order valence-electron chi connectivity index (χ1n) is 5.61. The largest absolute Gasteiger partial charge is 0.489 e. The summed E-state index contributed by atoms with van der Waals surface area (Å²) < 4.78 is 5.71. The van der Waals surface area contributed by atoms with Crippen molar-refractivity contribution in [2.24, 2.45) is 0 Å². The molecule has 0 unspecified atom stereocenters. The zero-order valence-corrected chi connectivity index (χ0v) is 10.6. The second-order valence-corrected chi connectivity index (χ2v) is 4.32. The molecule has 2 heteroatoms. The van der Waals surface area contributed by atoms with E-state index in [0.29, 0.717) is 12.5 Å². The van der Waals surface area contributed by atoms with Crippen molar-refractivity contribution in [1.29, 1.82) is 0 Å². The van der Waals surface area contributed by atoms with Crippen molar-refractivity contribution < 1.29 is 4.74 Å². The number of alkyl halides is 1. The molecule has 0 aromatic heterocycles. The van der Waals surface area contributed by atoms with E-state index in [2.05, 4.69) is 13.0 Å². The van der Waals surface area contributed by atoms with Crippen LogP contribution in [0.5, 0.6) is 5.75 Å². The molecule has 0 spiro atoms. The number of rotatable bonds is 4. The molecule has 0 saturated heterocycles. The first-order valence-corrected chi connectivity index (χ1v) is 6.14.